The number of carbonyl (C=O) groups is 2. The monoisotopic (exact) mass is 359 g/mol. The topological polar surface area (TPSA) is 74.2 Å². The van der Waals surface area contributed by atoms with Gasteiger partial charge in [-0.1, -0.05) is 43.3 Å². The van der Waals surface area contributed by atoms with Gasteiger partial charge in [-0.15, -0.1) is 0 Å². The first-order valence-corrected chi connectivity index (χ1v) is 8.46. The molecule has 0 amide bonds. The van der Waals surface area contributed by atoms with E-state index < -0.39 is 5.97 Å². The summed E-state index contributed by atoms with van der Waals surface area (Å²) in [6.07, 6.45) is 2.21. The van der Waals surface area contributed by atoms with Crippen LogP contribution in [0.15, 0.2) is 35.7 Å². The van der Waals surface area contributed by atoms with Crippen LogP contribution in [0.1, 0.15) is 38.3 Å². The van der Waals surface area contributed by atoms with Gasteiger partial charge in [0.05, 0.1) is 20.5 Å². The third kappa shape index (κ3) is 4.12. The van der Waals surface area contributed by atoms with Crippen molar-refractivity contribution in [2.75, 3.05) is 14.2 Å². The average molecular weight is 359 g/mol. The Morgan fingerprint density at radius 3 is 2.54 bits per heavy atom. The van der Waals surface area contributed by atoms with Crippen LogP contribution in [0.5, 0.6) is 0 Å². The molecule has 0 radical (unpaired) electrons. The van der Waals surface area contributed by atoms with Crippen LogP contribution >= 0.6 is 0 Å². The quantitative estimate of drug-likeness (QED) is 0.234. The molecular formula is C20H25NO5. The van der Waals surface area contributed by atoms with Crippen molar-refractivity contribution in [3.8, 4) is 0 Å². The number of hydrogen-bond donors (Lipinski definition) is 0. The van der Waals surface area contributed by atoms with Gasteiger partial charge < -0.3 is 14.3 Å². The van der Waals surface area contributed by atoms with Crippen molar-refractivity contribution in [1.29, 1.82) is 0 Å². The zero-order chi connectivity index (χ0) is 19.3. The van der Waals surface area contributed by atoms with Crippen LogP contribution in [0.25, 0.3) is 5.57 Å². The van der Waals surface area contributed by atoms with Gasteiger partial charge in [-0.05, 0) is 24.8 Å². The van der Waals surface area contributed by atoms with E-state index in [0.29, 0.717) is 17.2 Å². The normalized spacial score (nSPS) is 22.6. The molecule has 0 saturated heterocycles. The number of methoxy groups -OCH3 is 2. The smallest absolute Gasteiger partial charge is 0.341 e. The fourth-order valence-corrected chi connectivity index (χ4v) is 2.91. The first-order valence-electron chi connectivity index (χ1n) is 8.46. The summed E-state index contributed by atoms with van der Waals surface area (Å²) in [6, 6.07) is 7.23. The van der Waals surface area contributed by atoms with E-state index in [1.54, 1.807) is 19.1 Å². The Morgan fingerprint density at radius 1 is 1.31 bits per heavy atom. The fraction of sp³-hybridized carbons (Fsp3) is 0.450. The fourth-order valence-electron chi connectivity index (χ4n) is 2.91. The minimum Gasteiger partial charge on any atom is -0.503 e. The summed E-state index contributed by atoms with van der Waals surface area (Å²) < 4.78 is 9.79. The number of rotatable bonds is 8. The van der Waals surface area contributed by atoms with Crippen molar-refractivity contribution in [1.82, 2.24) is 0 Å². The zero-order valence-electron chi connectivity index (χ0n) is 15.9. The second kappa shape index (κ2) is 8.17. The van der Waals surface area contributed by atoms with E-state index in [9.17, 15) is 9.59 Å². The van der Waals surface area contributed by atoms with Crippen molar-refractivity contribution in [2.24, 2.45) is 16.5 Å². The van der Waals surface area contributed by atoms with Gasteiger partial charge in [-0.3, -0.25) is 4.79 Å². The van der Waals surface area contributed by atoms with E-state index in [1.807, 2.05) is 19.1 Å². The Kier molecular flexibility index (Phi) is 6.18. The predicted molar refractivity (Wildman–Crippen MR) is 98.2 cm³/mol. The highest BCUT2D eigenvalue weighted by Crippen LogP contribution is 2.52. The zero-order valence-corrected chi connectivity index (χ0v) is 15.9. The summed E-state index contributed by atoms with van der Waals surface area (Å²) in [7, 11) is 2.77. The van der Waals surface area contributed by atoms with E-state index in [-0.39, 0.29) is 23.4 Å². The highest BCUT2D eigenvalue weighted by Gasteiger charge is 2.53. The average Bonchev–Trinajstić information content (AvgIpc) is 3.26. The number of oxime groups is 1. The van der Waals surface area contributed by atoms with Gasteiger partial charge in [-0.2, -0.15) is 0 Å². The maximum absolute atomic E-state index is 12.4. The maximum Gasteiger partial charge on any atom is 0.341 e. The molecule has 2 unspecified atom stereocenters. The van der Waals surface area contributed by atoms with Crippen LogP contribution < -0.4 is 0 Å². The lowest BCUT2D eigenvalue weighted by Gasteiger charge is -2.11. The highest BCUT2D eigenvalue weighted by atomic mass is 16.6. The van der Waals surface area contributed by atoms with Crippen LogP contribution in [0.3, 0.4) is 0 Å². The molecule has 0 N–H and O–H groups in total. The van der Waals surface area contributed by atoms with E-state index in [1.165, 1.54) is 20.5 Å². The molecule has 0 aromatic heterocycles. The van der Waals surface area contributed by atoms with Crippen LogP contribution in [0.4, 0.5) is 0 Å². The van der Waals surface area contributed by atoms with Crippen LogP contribution in [-0.4, -0.2) is 31.7 Å². The van der Waals surface area contributed by atoms with Crippen molar-refractivity contribution < 1.29 is 23.9 Å². The lowest BCUT2D eigenvalue weighted by molar-refractivity contribution is -0.133. The van der Waals surface area contributed by atoms with Gasteiger partial charge in [0.15, 0.2) is 5.78 Å². The summed E-state index contributed by atoms with van der Waals surface area (Å²) in [5.41, 5.74) is 1.69. The molecular weight excluding hydrogens is 334 g/mol. The first kappa shape index (κ1) is 19.7. The number of carbonyl (C=O) groups excluding carboxylic acids is 2. The third-order valence-electron chi connectivity index (χ3n) is 4.88. The lowest BCUT2D eigenvalue weighted by Crippen LogP contribution is -2.22. The molecule has 1 saturated carbocycles. The molecule has 0 spiro atoms. The molecule has 2 rings (SSSR count). The molecule has 26 heavy (non-hydrogen) atoms. The number of ketones is 1. The molecule has 1 aliphatic carbocycles. The number of Topliss-reactive ketones (excluding diaryl/α,β-unsaturated/α-hetero) is 1. The molecule has 6 nitrogen and oxygen atoms in total. The number of ether oxygens (including phenoxy) is 2. The van der Waals surface area contributed by atoms with Crippen molar-refractivity contribution in [2.45, 2.75) is 33.8 Å². The molecule has 1 aliphatic rings. The van der Waals surface area contributed by atoms with Crippen molar-refractivity contribution >= 4 is 23.0 Å². The molecule has 140 valence electrons. The minimum absolute atomic E-state index is 0.0211. The van der Waals surface area contributed by atoms with E-state index in [2.05, 4.69) is 12.1 Å². The van der Waals surface area contributed by atoms with Gasteiger partial charge in [-0.25, -0.2) is 4.79 Å². The standard InChI is InChI=1S/C20H25NO5/c1-13-10-20(13,3)18(22)14(2)21-26-11-15-8-6-7-9-16(15)17(12-24-4)19(23)25-5/h6-9,12-13H,10-11H2,1-5H3/b17-12+,21-14+. The van der Waals surface area contributed by atoms with Gasteiger partial charge in [0.25, 0.3) is 0 Å². The summed E-state index contributed by atoms with van der Waals surface area (Å²) in [5.74, 6) is -0.111. The predicted octanol–water partition coefficient (Wildman–Crippen LogP) is 3.35. The Balaban J connectivity index is 2.13. The molecule has 1 aromatic carbocycles. The third-order valence-corrected chi connectivity index (χ3v) is 4.88. The van der Waals surface area contributed by atoms with Gasteiger partial charge in [0, 0.05) is 11.0 Å². The SMILES string of the molecule is CO/C=C(/C(=O)OC)c1ccccc1CO/N=C(\C)C(=O)C1(C)CC1C. The van der Waals surface area contributed by atoms with Crippen LogP contribution in [-0.2, 0) is 30.5 Å². The Hall–Kier alpha value is -2.63. The van der Waals surface area contributed by atoms with E-state index >= 15 is 0 Å². The number of nitrogens with zero attached hydrogens (tertiary/aromatic N) is 1. The largest absolute Gasteiger partial charge is 0.503 e. The van der Waals surface area contributed by atoms with Crippen LogP contribution in [0, 0.1) is 11.3 Å². The summed E-state index contributed by atoms with van der Waals surface area (Å²) in [4.78, 5) is 29.8. The van der Waals surface area contributed by atoms with Gasteiger partial charge >= 0.3 is 5.97 Å². The number of hydrogen-bond acceptors (Lipinski definition) is 6. The summed E-state index contributed by atoms with van der Waals surface area (Å²) in [5, 5.41) is 3.97. The second-order valence-corrected chi connectivity index (χ2v) is 6.72. The molecule has 2 atom stereocenters. The molecule has 0 bridgehead atoms. The van der Waals surface area contributed by atoms with Gasteiger partial charge in [0.2, 0.25) is 0 Å². The molecule has 1 fully saturated rings. The van der Waals surface area contributed by atoms with Crippen LogP contribution in [0.2, 0.25) is 0 Å². The summed E-state index contributed by atoms with van der Waals surface area (Å²) in [6.45, 7) is 5.78. The molecule has 0 heterocycles. The van der Waals surface area contributed by atoms with Gasteiger partial charge in [0.1, 0.15) is 17.9 Å². The Morgan fingerprint density at radius 2 is 1.96 bits per heavy atom. The number of esters is 1. The lowest BCUT2D eigenvalue weighted by atomic mass is 9.98. The Bertz CT molecular complexity index is 752. The Labute approximate surface area is 153 Å². The highest BCUT2D eigenvalue weighted by molar-refractivity contribution is 6.41. The minimum atomic E-state index is -0.509. The number of benzene rings is 1. The first-order chi connectivity index (χ1) is 12.3. The van der Waals surface area contributed by atoms with E-state index in [0.717, 1.165) is 12.0 Å². The van der Waals surface area contributed by atoms with Crippen molar-refractivity contribution in [3.05, 3.63) is 41.7 Å². The second-order valence-electron chi connectivity index (χ2n) is 6.72. The van der Waals surface area contributed by atoms with E-state index in [4.69, 9.17) is 14.3 Å². The van der Waals surface area contributed by atoms with Crippen molar-refractivity contribution in [3.63, 3.8) is 0 Å². The molecule has 1 aromatic rings. The summed E-state index contributed by atoms with van der Waals surface area (Å²) >= 11 is 0. The maximum atomic E-state index is 12.4. The molecule has 6 heteroatoms. The molecule has 0 aliphatic heterocycles.